The van der Waals surface area contributed by atoms with Crippen LogP contribution < -0.4 is 5.32 Å². The fraction of sp³-hybridized carbons (Fsp3) is 0.810. The standard InChI is InChI=1S/C21H36F2N2O2SSi/c1-19(2,3)29(4,5)26-11-6-17-12-18(28-14-17)13-25-9-7-20(8-10-25)15-24-16-21(22,23)27-20/h12,14,24H,6-11,13,15-16H2,1-5H3. The third-order valence-corrected chi connectivity index (χ3v) is 12.2. The molecule has 2 aliphatic rings. The monoisotopic (exact) mass is 446 g/mol. The molecule has 2 aliphatic heterocycles. The molecule has 0 amide bonds. The third kappa shape index (κ3) is 6.08. The van der Waals surface area contributed by atoms with Gasteiger partial charge in [0.05, 0.1) is 12.1 Å². The zero-order valence-corrected chi connectivity index (χ0v) is 20.3. The second-order valence-corrected chi connectivity index (χ2v) is 15.9. The fourth-order valence-electron chi connectivity index (χ4n) is 3.72. The molecule has 0 aromatic carbocycles. The van der Waals surface area contributed by atoms with E-state index in [1.54, 1.807) is 11.3 Å². The number of alkyl halides is 2. The highest BCUT2D eigenvalue weighted by molar-refractivity contribution is 7.10. The molecule has 166 valence electrons. The van der Waals surface area contributed by atoms with E-state index in [0.717, 1.165) is 32.7 Å². The van der Waals surface area contributed by atoms with Gasteiger partial charge < -0.3 is 14.5 Å². The molecule has 0 bridgehead atoms. The van der Waals surface area contributed by atoms with Gasteiger partial charge in [-0.2, -0.15) is 8.78 Å². The van der Waals surface area contributed by atoms with Gasteiger partial charge in [0.2, 0.25) is 0 Å². The number of morpholine rings is 1. The van der Waals surface area contributed by atoms with Gasteiger partial charge in [-0.1, -0.05) is 20.8 Å². The summed E-state index contributed by atoms with van der Waals surface area (Å²) in [7, 11) is -1.69. The van der Waals surface area contributed by atoms with Gasteiger partial charge in [0.15, 0.2) is 8.32 Å². The molecule has 0 saturated carbocycles. The summed E-state index contributed by atoms with van der Waals surface area (Å²) in [5.41, 5.74) is 0.622. The molecule has 29 heavy (non-hydrogen) atoms. The maximum absolute atomic E-state index is 13.6. The summed E-state index contributed by atoms with van der Waals surface area (Å²) in [5, 5.41) is 5.30. The Morgan fingerprint density at radius 2 is 1.93 bits per heavy atom. The van der Waals surface area contributed by atoms with E-state index in [0.29, 0.717) is 19.4 Å². The fourth-order valence-corrected chi connectivity index (χ4v) is 5.73. The lowest BCUT2D eigenvalue weighted by atomic mass is 9.90. The minimum atomic E-state index is -3.05. The van der Waals surface area contributed by atoms with Gasteiger partial charge in [-0.3, -0.25) is 4.90 Å². The molecule has 3 rings (SSSR count). The molecule has 1 N–H and O–H groups in total. The van der Waals surface area contributed by atoms with Gasteiger partial charge in [-0.25, -0.2) is 0 Å². The van der Waals surface area contributed by atoms with Crippen LogP contribution in [0.2, 0.25) is 18.1 Å². The molecule has 0 radical (unpaired) electrons. The topological polar surface area (TPSA) is 33.7 Å². The highest BCUT2D eigenvalue weighted by atomic mass is 32.1. The quantitative estimate of drug-likeness (QED) is 0.633. The Morgan fingerprint density at radius 3 is 2.55 bits per heavy atom. The smallest absolute Gasteiger partial charge is 0.368 e. The van der Waals surface area contributed by atoms with E-state index < -0.39 is 20.0 Å². The zero-order chi connectivity index (χ0) is 21.3. The number of nitrogens with zero attached hydrogens (tertiary/aromatic N) is 1. The van der Waals surface area contributed by atoms with E-state index in [2.05, 4.69) is 55.5 Å². The molecule has 0 unspecified atom stereocenters. The third-order valence-electron chi connectivity index (χ3n) is 6.66. The van der Waals surface area contributed by atoms with Gasteiger partial charge in [-0.05, 0) is 54.4 Å². The Hall–Kier alpha value is -0.383. The van der Waals surface area contributed by atoms with Crippen molar-refractivity contribution in [2.24, 2.45) is 0 Å². The first-order valence-electron chi connectivity index (χ1n) is 10.6. The summed E-state index contributed by atoms with van der Waals surface area (Å²) in [6.45, 7) is 14.8. The second kappa shape index (κ2) is 8.63. The summed E-state index contributed by atoms with van der Waals surface area (Å²) >= 11 is 1.78. The molecule has 3 heterocycles. The summed E-state index contributed by atoms with van der Waals surface area (Å²) < 4.78 is 38.7. The second-order valence-electron chi connectivity index (χ2n) is 10.1. The zero-order valence-electron chi connectivity index (χ0n) is 18.4. The molecule has 2 fully saturated rings. The van der Waals surface area contributed by atoms with E-state index in [9.17, 15) is 8.78 Å². The summed E-state index contributed by atoms with van der Waals surface area (Å²) in [5.74, 6) is 0. The maximum atomic E-state index is 13.6. The van der Waals surface area contributed by atoms with E-state index in [-0.39, 0.29) is 11.6 Å². The van der Waals surface area contributed by atoms with Crippen molar-refractivity contribution in [1.29, 1.82) is 0 Å². The summed E-state index contributed by atoms with van der Waals surface area (Å²) in [6.07, 6.45) is -0.807. The number of rotatable bonds is 6. The van der Waals surface area contributed by atoms with E-state index in [1.807, 2.05) is 0 Å². The first-order chi connectivity index (χ1) is 13.4. The maximum Gasteiger partial charge on any atom is 0.368 e. The molecule has 1 aromatic heterocycles. The largest absolute Gasteiger partial charge is 0.416 e. The first kappa shape index (κ1) is 23.3. The van der Waals surface area contributed by atoms with Crippen molar-refractivity contribution in [3.05, 3.63) is 21.9 Å². The van der Waals surface area contributed by atoms with Crippen molar-refractivity contribution in [2.45, 2.75) is 76.4 Å². The van der Waals surface area contributed by atoms with Crippen molar-refractivity contribution in [3.63, 3.8) is 0 Å². The van der Waals surface area contributed by atoms with Gasteiger partial charge in [0.25, 0.3) is 0 Å². The normalized spacial score (nSPS) is 22.9. The number of thiophene rings is 1. The van der Waals surface area contributed by atoms with Crippen LogP contribution in [0.5, 0.6) is 0 Å². The van der Waals surface area contributed by atoms with Crippen molar-refractivity contribution in [1.82, 2.24) is 10.2 Å². The molecule has 2 saturated heterocycles. The van der Waals surface area contributed by atoms with E-state index >= 15 is 0 Å². The number of hydrogen-bond acceptors (Lipinski definition) is 5. The van der Waals surface area contributed by atoms with Crippen molar-refractivity contribution in [2.75, 3.05) is 32.8 Å². The van der Waals surface area contributed by atoms with Crippen LogP contribution >= 0.6 is 11.3 Å². The van der Waals surface area contributed by atoms with Crippen LogP contribution in [0.25, 0.3) is 0 Å². The highest BCUT2D eigenvalue weighted by Crippen LogP contribution is 2.37. The minimum absolute atomic E-state index is 0.236. The Bertz CT molecular complexity index is 682. The molecule has 1 aromatic rings. The van der Waals surface area contributed by atoms with Crippen molar-refractivity contribution < 1.29 is 17.9 Å². The lowest BCUT2D eigenvalue weighted by molar-refractivity contribution is -0.315. The van der Waals surface area contributed by atoms with Crippen LogP contribution in [0.4, 0.5) is 8.78 Å². The number of hydrogen-bond donors (Lipinski definition) is 1. The van der Waals surface area contributed by atoms with Crippen LogP contribution in [0.15, 0.2) is 11.4 Å². The number of likely N-dealkylation sites (tertiary alicyclic amines) is 1. The van der Waals surface area contributed by atoms with Crippen LogP contribution in [0.1, 0.15) is 44.1 Å². The Kier molecular flexibility index (Phi) is 6.93. The van der Waals surface area contributed by atoms with Crippen LogP contribution in [0, 0.1) is 0 Å². The SMILES string of the molecule is CC(C)(C)[Si](C)(C)OCCc1csc(CN2CCC3(CC2)CNCC(F)(F)O3)c1. The number of halogens is 2. The number of nitrogens with one attached hydrogen (secondary N) is 1. The van der Waals surface area contributed by atoms with Crippen molar-refractivity contribution >= 4 is 19.7 Å². The summed E-state index contributed by atoms with van der Waals surface area (Å²) in [4.78, 5) is 3.68. The molecule has 4 nitrogen and oxygen atoms in total. The minimum Gasteiger partial charge on any atom is -0.416 e. The number of ether oxygens (including phenoxy) is 1. The molecule has 0 atom stereocenters. The van der Waals surface area contributed by atoms with Crippen LogP contribution in [-0.4, -0.2) is 57.7 Å². The molecule has 0 aliphatic carbocycles. The first-order valence-corrected chi connectivity index (χ1v) is 14.4. The van der Waals surface area contributed by atoms with Crippen molar-refractivity contribution in [3.8, 4) is 0 Å². The molecular formula is C21H36F2N2O2SSi. The van der Waals surface area contributed by atoms with E-state index in [1.165, 1.54) is 10.4 Å². The molecule has 1 spiro atoms. The Labute approximate surface area is 179 Å². The lowest BCUT2D eigenvalue weighted by Gasteiger charge is -2.46. The van der Waals surface area contributed by atoms with Crippen LogP contribution in [-0.2, 0) is 22.1 Å². The van der Waals surface area contributed by atoms with Gasteiger partial charge in [0, 0.05) is 37.7 Å². The average molecular weight is 447 g/mol. The van der Waals surface area contributed by atoms with E-state index in [4.69, 9.17) is 9.16 Å². The Morgan fingerprint density at radius 1 is 1.24 bits per heavy atom. The average Bonchev–Trinajstić information content (AvgIpc) is 3.02. The predicted octanol–water partition coefficient (Wildman–Crippen LogP) is 4.86. The highest BCUT2D eigenvalue weighted by Gasteiger charge is 2.48. The lowest BCUT2D eigenvalue weighted by Crippen LogP contribution is -2.60. The molecule has 8 heteroatoms. The molecular weight excluding hydrogens is 410 g/mol. The number of piperidine rings is 1. The Balaban J connectivity index is 1.44. The van der Waals surface area contributed by atoms with Crippen LogP contribution in [0.3, 0.4) is 0 Å². The predicted molar refractivity (Wildman–Crippen MR) is 117 cm³/mol. The van der Waals surface area contributed by atoms with Gasteiger partial charge in [0.1, 0.15) is 0 Å². The van der Waals surface area contributed by atoms with Gasteiger partial charge >= 0.3 is 6.11 Å². The van der Waals surface area contributed by atoms with Gasteiger partial charge in [-0.15, -0.1) is 11.3 Å². The summed E-state index contributed by atoms with van der Waals surface area (Å²) in [6, 6.07) is 2.27.